The van der Waals surface area contributed by atoms with Crippen LogP contribution in [0.15, 0.2) is 34.9 Å². The third-order valence-corrected chi connectivity index (χ3v) is 7.02. The quantitative estimate of drug-likeness (QED) is 0.539. The van der Waals surface area contributed by atoms with Crippen LogP contribution in [0.2, 0.25) is 0 Å². The number of fused-ring (bicyclic) bond motifs is 2. The second kappa shape index (κ2) is 7.92. The monoisotopic (exact) mass is 512 g/mol. The highest BCUT2D eigenvalue weighted by molar-refractivity contribution is 7.88. The molecule has 35 heavy (non-hydrogen) atoms. The smallest absolute Gasteiger partial charge is 0.326 e. The molecule has 0 spiro atoms. The highest BCUT2D eigenvalue weighted by Crippen LogP contribution is 2.43. The fourth-order valence-corrected chi connectivity index (χ4v) is 5.60. The molecule has 8 nitrogen and oxygen atoms in total. The van der Waals surface area contributed by atoms with Gasteiger partial charge in [0, 0.05) is 18.7 Å². The van der Waals surface area contributed by atoms with Crippen molar-refractivity contribution >= 4 is 32.8 Å². The van der Waals surface area contributed by atoms with Crippen LogP contribution in [0.1, 0.15) is 12.0 Å². The zero-order valence-electron chi connectivity index (χ0n) is 18.6. The number of anilines is 1. The Morgan fingerprint density at radius 1 is 1.20 bits per heavy atom. The molecule has 2 aliphatic rings. The van der Waals surface area contributed by atoms with Gasteiger partial charge in [0.1, 0.15) is 23.7 Å². The number of carbonyl (C=O) groups is 1. The first kappa shape index (κ1) is 23.5. The first-order chi connectivity index (χ1) is 16.4. The molecule has 2 fully saturated rings. The molecule has 2 saturated heterocycles. The van der Waals surface area contributed by atoms with Crippen molar-refractivity contribution < 1.29 is 35.3 Å². The van der Waals surface area contributed by atoms with E-state index in [-0.39, 0.29) is 40.9 Å². The van der Waals surface area contributed by atoms with Crippen molar-refractivity contribution in [3.8, 4) is 11.1 Å². The normalized spacial score (nSPS) is 22.2. The molecule has 5 rings (SSSR count). The van der Waals surface area contributed by atoms with Crippen molar-refractivity contribution in [3.63, 3.8) is 0 Å². The number of urea groups is 1. The van der Waals surface area contributed by atoms with E-state index >= 15 is 0 Å². The van der Waals surface area contributed by atoms with Crippen LogP contribution >= 0.6 is 0 Å². The lowest BCUT2D eigenvalue weighted by Crippen LogP contribution is -2.56. The second-order valence-electron chi connectivity index (χ2n) is 8.80. The Balaban J connectivity index is 1.59. The molecule has 3 aromatic rings. The number of hydrogen-bond donors (Lipinski definition) is 1. The van der Waals surface area contributed by atoms with Crippen molar-refractivity contribution in [2.24, 2.45) is 0 Å². The third-order valence-electron chi connectivity index (χ3n) is 6.31. The minimum atomic E-state index is -3.95. The van der Waals surface area contributed by atoms with E-state index in [0.29, 0.717) is 5.56 Å². The van der Waals surface area contributed by atoms with Crippen LogP contribution in [-0.4, -0.2) is 61.9 Å². The number of amides is 2. The number of aryl methyl sites for hydroxylation is 1. The van der Waals surface area contributed by atoms with Gasteiger partial charge in [-0.1, -0.05) is 17.3 Å². The molecule has 0 radical (unpaired) electrons. The number of aromatic nitrogens is 1. The van der Waals surface area contributed by atoms with Gasteiger partial charge in [0.2, 0.25) is 10.0 Å². The molecular weight excluding hydrogens is 492 g/mol. The SMILES string of the molecule is Cc1cc(-c2c(F)cccc2F)c2c(N3CC[C@H]4N(C[C@@H](NS(C)(=O)=O)C4(F)F)C3=O)noc2c1. The molecular formula is C22H20F4N4O4S. The van der Waals surface area contributed by atoms with E-state index in [4.69, 9.17) is 4.52 Å². The molecule has 2 atom stereocenters. The van der Waals surface area contributed by atoms with E-state index in [1.807, 2.05) is 4.72 Å². The topological polar surface area (TPSA) is 95.8 Å². The van der Waals surface area contributed by atoms with Gasteiger partial charge in [-0.25, -0.2) is 35.5 Å². The van der Waals surface area contributed by atoms with Crippen molar-refractivity contribution in [2.45, 2.75) is 31.4 Å². The summed E-state index contributed by atoms with van der Waals surface area (Å²) in [6.45, 7) is 0.960. The number of carbonyl (C=O) groups excluding carboxylic acids is 1. The number of nitrogens with one attached hydrogen (secondary N) is 1. The van der Waals surface area contributed by atoms with Crippen LogP contribution in [0.3, 0.4) is 0 Å². The zero-order chi connectivity index (χ0) is 25.3. The number of sulfonamides is 1. The fourth-order valence-electron chi connectivity index (χ4n) is 4.85. The van der Waals surface area contributed by atoms with Crippen molar-refractivity contribution in [1.82, 2.24) is 14.8 Å². The van der Waals surface area contributed by atoms with E-state index in [2.05, 4.69) is 5.16 Å². The third kappa shape index (κ3) is 3.82. The Morgan fingerprint density at radius 3 is 2.54 bits per heavy atom. The Kier molecular flexibility index (Phi) is 5.33. The number of nitrogens with zero attached hydrogens (tertiary/aromatic N) is 3. The van der Waals surface area contributed by atoms with Gasteiger partial charge in [-0.15, -0.1) is 0 Å². The average Bonchev–Trinajstić information content (AvgIpc) is 3.26. The minimum absolute atomic E-state index is 0.0658. The lowest BCUT2D eigenvalue weighted by molar-refractivity contribution is -0.0448. The highest BCUT2D eigenvalue weighted by atomic mass is 32.2. The molecule has 1 aromatic heterocycles. The molecule has 13 heteroatoms. The van der Waals surface area contributed by atoms with Crippen LogP contribution in [-0.2, 0) is 10.0 Å². The summed E-state index contributed by atoms with van der Waals surface area (Å²) in [4.78, 5) is 15.3. The van der Waals surface area contributed by atoms with Gasteiger partial charge in [-0.3, -0.25) is 4.90 Å². The van der Waals surface area contributed by atoms with Gasteiger partial charge < -0.3 is 9.42 Å². The van der Waals surface area contributed by atoms with Gasteiger partial charge >= 0.3 is 6.03 Å². The zero-order valence-corrected chi connectivity index (χ0v) is 19.4. The summed E-state index contributed by atoms with van der Waals surface area (Å²) >= 11 is 0. The summed E-state index contributed by atoms with van der Waals surface area (Å²) in [5, 5.41) is 4.10. The Bertz CT molecular complexity index is 1440. The predicted molar refractivity (Wildman–Crippen MR) is 119 cm³/mol. The summed E-state index contributed by atoms with van der Waals surface area (Å²) in [6.07, 6.45) is 0.575. The second-order valence-corrected chi connectivity index (χ2v) is 10.6. The van der Waals surface area contributed by atoms with Crippen LogP contribution < -0.4 is 9.62 Å². The molecule has 0 unspecified atom stereocenters. The minimum Gasteiger partial charge on any atom is -0.354 e. The molecule has 0 bridgehead atoms. The highest BCUT2D eigenvalue weighted by Gasteiger charge is 2.60. The Morgan fingerprint density at radius 2 is 1.89 bits per heavy atom. The van der Waals surface area contributed by atoms with Crippen LogP contribution in [0, 0.1) is 18.6 Å². The first-order valence-electron chi connectivity index (χ1n) is 10.7. The molecule has 1 N–H and O–H groups in total. The molecule has 2 aromatic carbocycles. The standard InChI is InChI=1S/C22H20F4N4O4S/c1-11-8-12(18-13(23)4-3-5-14(18)24)19-15(9-11)34-27-20(19)29-7-6-17-22(25,26)16(28-35(2,32)33)10-30(17)21(29)31/h3-5,8-9,16-17,28H,6-7,10H2,1-2H3/t16-,17-/m1/s1. The number of halogens is 4. The lowest BCUT2D eigenvalue weighted by Gasteiger charge is -2.37. The first-order valence-corrected chi connectivity index (χ1v) is 12.6. The Labute approximate surface area is 197 Å². The van der Waals surface area contributed by atoms with Gasteiger partial charge in [0.15, 0.2) is 11.4 Å². The molecule has 2 aliphatic heterocycles. The summed E-state index contributed by atoms with van der Waals surface area (Å²) in [5.74, 6) is -5.22. The molecule has 186 valence electrons. The van der Waals surface area contributed by atoms with Crippen LogP contribution in [0.25, 0.3) is 22.1 Å². The van der Waals surface area contributed by atoms with E-state index in [0.717, 1.165) is 28.2 Å². The van der Waals surface area contributed by atoms with Crippen molar-refractivity contribution in [1.29, 1.82) is 0 Å². The van der Waals surface area contributed by atoms with Gasteiger partial charge in [-0.2, -0.15) is 0 Å². The predicted octanol–water partition coefficient (Wildman–Crippen LogP) is 3.65. The maximum Gasteiger partial charge on any atom is 0.326 e. The maximum atomic E-state index is 14.9. The summed E-state index contributed by atoms with van der Waals surface area (Å²) in [7, 11) is -3.95. The number of rotatable bonds is 4. The van der Waals surface area contributed by atoms with Gasteiger partial charge in [0.25, 0.3) is 5.92 Å². The summed E-state index contributed by atoms with van der Waals surface area (Å²) < 4.78 is 89.6. The number of alkyl halides is 2. The molecule has 3 heterocycles. The summed E-state index contributed by atoms with van der Waals surface area (Å²) in [5.41, 5.74) is 0.552. The van der Waals surface area contributed by atoms with Crippen LogP contribution in [0.5, 0.6) is 0 Å². The number of hydrogen-bond acceptors (Lipinski definition) is 5. The van der Waals surface area contributed by atoms with Crippen molar-refractivity contribution in [2.75, 3.05) is 24.2 Å². The van der Waals surface area contributed by atoms with E-state index in [1.54, 1.807) is 13.0 Å². The Hall–Kier alpha value is -3.19. The van der Waals surface area contributed by atoms with Gasteiger partial charge in [-0.05, 0) is 37.1 Å². The van der Waals surface area contributed by atoms with Crippen LogP contribution in [0.4, 0.5) is 28.2 Å². The van der Waals surface area contributed by atoms with E-state index in [9.17, 15) is 30.8 Å². The van der Waals surface area contributed by atoms with Crippen molar-refractivity contribution in [3.05, 3.63) is 47.5 Å². The fraction of sp³-hybridized carbons (Fsp3) is 0.364. The average molecular weight is 512 g/mol. The number of benzene rings is 2. The van der Waals surface area contributed by atoms with Gasteiger partial charge in [0.05, 0.1) is 17.2 Å². The largest absolute Gasteiger partial charge is 0.354 e. The van der Waals surface area contributed by atoms with E-state index < -0.39 is 52.2 Å². The lowest BCUT2D eigenvalue weighted by atomic mass is 9.97. The summed E-state index contributed by atoms with van der Waals surface area (Å²) in [6, 6.07) is 2.38. The molecule has 0 saturated carbocycles. The molecule has 0 aliphatic carbocycles. The maximum absolute atomic E-state index is 14.9. The molecule has 2 amide bonds. The van der Waals surface area contributed by atoms with E-state index in [1.165, 1.54) is 12.1 Å².